The quantitative estimate of drug-likeness (QED) is 0.770. The molecule has 0 fully saturated rings. The lowest BCUT2D eigenvalue weighted by molar-refractivity contribution is -0.138. The van der Waals surface area contributed by atoms with E-state index in [1.165, 1.54) is 11.9 Å². The number of hydrogen-bond acceptors (Lipinski definition) is 3. The van der Waals surface area contributed by atoms with Gasteiger partial charge in [-0.25, -0.2) is 0 Å². The number of benzene rings is 2. The number of hydrogen-bond donors (Lipinski definition) is 2. The Morgan fingerprint density at radius 3 is 2.26 bits per heavy atom. The van der Waals surface area contributed by atoms with Gasteiger partial charge in [-0.3, -0.25) is 14.5 Å². The van der Waals surface area contributed by atoms with E-state index in [2.05, 4.69) is 10.6 Å². The van der Waals surface area contributed by atoms with Crippen molar-refractivity contribution in [3.8, 4) is 0 Å². The zero-order chi connectivity index (χ0) is 19.9. The first-order valence-electron chi connectivity index (χ1n) is 8.25. The molecule has 2 aromatic rings. The van der Waals surface area contributed by atoms with Gasteiger partial charge in [0.05, 0.1) is 24.2 Å². The molecule has 0 bridgehead atoms. The van der Waals surface area contributed by atoms with Crippen LogP contribution in [-0.4, -0.2) is 43.0 Å². The number of halogens is 3. The van der Waals surface area contributed by atoms with Crippen LogP contribution in [0, 0.1) is 0 Å². The smallest absolute Gasteiger partial charge is 0.324 e. The Bertz CT molecular complexity index is 779. The highest BCUT2D eigenvalue weighted by Crippen LogP contribution is 2.20. The Kier molecular flexibility index (Phi) is 6.95. The van der Waals surface area contributed by atoms with E-state index >= 15 is 0 Å². The summed E-state index contributed by atoms with van der Waals surface area (Å²) in [6.07, 6.45) is -5.26. The third kappa shape index (κ3) is 7.10. The summed E-state index contributed by atoms with van der Waals surface area (Å²) in [5, 5.41) is 5.31. The van der Waals surface area contributed by atoms with Gasteiger partial charge in [-0.2, -0.15) is 13.2 Å². The van der Waals surface area contributed by atoms with Crippen LogP contribution >= 0.6 is 0 Å². The summed E-state index contributed by atoms with van der Waals surface area (Å²) in [5.74, 6) is -0.901. The number of carbonyl (C=O) groups is 2. The van der Waals surface area contributed by atoms with Crippen LogP contribution in [0.25, 0.3) is 0 Å². The van der Waals surface area contributed by atoms with Crippen molar-refractivity contribution in [1.29, 1.82) is 0 Å². The lowest BCUT2D eigenvalue weighted by Gasteiger charge is -2.18. The molecule has 0 saturated heterocycles. The largest absolute Gasteiger partial charge is 0.390 e. The fourth-order valence-corrected chi connectivity index (χ4v) is 2.34. The van der Waals surface area contributed by atoms with Gasteiger partial charge in [-0.05, 0) is 31.3 Å². The van der Waals surface area contributed by atoms with Gasteiger partial charge in [0.2, 0.25) is 5.91 Å². The number of carbonyl (C=O) groups excluding carboxylic acids is 2. The predicted octanol–water partition coefficient (Wildman–Crippen LogP) is 3.76. The summed E-state index contributed by atoms with van der Waals surface area (Å²) >= 11 is 0. The van der Waals surface area contributed by atoms with Crippen molar-refractivity contribution in [2.75, 3.05) is 30.8 Å². The van der Waals surface area contributed by atoms with E-state index in [-0.39, 0.29) is 18.7 Å². The number of anilines is 2. The van der Waals surface area contributed by atoms with Gasteiger partial charge in [0.25, 0.3) is 5.91 Å². The Hall–Kier alpha value is -2.87. The highest BCUT2D eigenvalue weighted by molar-refractivity contribution is 6.10. The van der Waals surface area contributed by atoms with Crippen LogP contribution in [0.3, 0.4) is 0 Å². The number of amides is 2. The number of likely N-dealkylation sites (N-methyl/N-ethyl adjacent to an activating group) is 1. The van der Waals surface area contributed by atoms with Crippen LogP contribution in [0.4, 0.5) is 24.5 Å². The lowest BCUT2D eigenvalue weighted by Crippen LogP contribution is -2.33. The van der Waals surface area contributed by atoms with Crippen LogP contribution in [0.2, 0.25) is 0 Å². The Balaban J connectivity index is 1.98. The minimum atomic E-state index is -4.27. The zero-order valence-electron chi connectivity index (χ0n) is 14.7. The summed E-state index contributed by atoms with van der Waals surface area (Å²) in [6.45, 7) is -0.502. The van der Waals surface area contributed by atoms with Gasteiger partial charge in [-0.15, -0.1) is 0 Å². The molecule has 2 N–H and O–H groups in total. The molecule has 2 aromatic carbocycles. The van der Waals surface area contributed by atoms with Gasteiger partial charge in [0.1, 0.15) is 0 Å². The van der Waals surface area contributed by atoms with Crippen LogP contribution in [0.1, 0.15) is 16.8 Å². The Morgan fingerprint density at radius 1 is 0.963 bits per heavy atom. The van der Waals surface area contributed by atoms with E-state index in [0.29, 0.717) is 11.4 Å². The molecule has 144 valence electrons. The maximum absolute atomic E-state index is 12.5. The second kappa shape index (κ2) is 9.18. The summed E-state index contributed by atoms with van der Waals surface area (Å²) in [5.41, 5.74) is 1.16. The van der Waals surface area contributed by atoms with Gasteiger partial charge >= 0.3 is 6.18 Å². The van der Waals surface area contributed by atoms with Crippen molar-refractivity contribution in [3.05, 3.63) is 60.2 Å². The molecule has 5 nitrogen and oxygen atoms in total. The van der Waals surface area contributed by atoms with Gasteiger partial charge in [-0.1, -0.05) is 30.3 Å². The zero-order valence-corrected chi connectivity index (χ0v) is 14.7. The predicted molar refractivity (Wildman–Crippen MR) is 97.6 cm³/mol. The first kappa shape index (κ1) is 20.4. The van der Waals surface area contributed by atoms with Crippen molar-refractivity contribution in [2.45, 2.75) is 12.6 Å². The molecule has 0 heterocycles. The molecule has 0 aliphatic carbocycles. The van der Waals surface area contributed by atoms with Gasteiger partial charge in [0, 0.05) is 12.2 Å². The average Bonchev–Trinajstić information content (AvgIpc) is 2.60. The molecule has 2 rings (SSSR count). The highest BCUT2D eigenvalue weighted by atomic mass is 19.4. The molecule has 0 unspecified atom stereocenters. The molecule has 2 amide bonds. The molecule has 0 aliphatic heterocycles. The minimum absolute atomic E-state index is 0.218. The van der Waals surface area contributed by atoms with Crippen molar-refractivity contribution >= 4 is 23.2 Å². The molecular weight excluding hydrogens is 359 g/mol. The van der Waals surface area contributed by atoms with Gasteiger partial charge in [0.15, 0.2) is 0 Å². The topological polar surface area (TPSA) is 61.4 Å². The van der Waals surface area contributed by atoms with E-state index in [0.717, 1.165) is 0 Å². The number of para-hydroxylation sites is 2. The van der Waals surface area contributed by atoms with E-state index in [4.69, 9.17) is 0 Å². The summed E-state index contributed by atoms with van der Waals surface area (Å²) in [6, 6.07) is 15.3. The number of nitrogens with zero attached hydrogens (tertiary/aromatic N) is 1. The van der Waals surface area contributed by atoms with Gasteiger partial charge < -0.3 is 10.6 Å². The fraction of sp³-hybridized carbons (Fsp3) is 0.263. The number of nitrogens with one attached hydrogen (secondary N) is 2. The molecule has 0 radical (unpaired) electrons. The minimum Gasteiger partial charge on any atom is -0.324 e. The normalized spacial score (nSPS) is 11.3. The van der Waals surface area contributed by atoms with Crippen LogP contribution < -0.4 is 10.6 Å². The summed E-state index contributed by atoms with van der Waals surface area (Å²) in [4.78, 5) is 25.8. The van der Waals surface area contributed by atoms with Crippen LogP contribution in [-0.2, 0) is 4.79 Å². The standard InChI is InChI=1S/C19H20F3N3O2/c1-25(12-11-19(20,21)22)13-17(26)24-16-10-6-5-9-15(16)18(27)23-14-7-3-2-4-8-14/h2-10H,11-13H2,1H3,(H,23,27)(H,24,26). The summed E-state index contributed by atoms with van der Waals surface area (Å²) < 4.78 is 36.7. The molecule has 0 spiro atoms. The molecule has 0 aromatic heterocycles. The van der Waals surface area contributed by atoms with E-state index in [9.17, 15) is 22.8 Å². The monoisotopic (exact) mass is 379 g/mol. The third-order valence-corrected chi connectivity index (χ3v) is 3.67. The van der Waals surface area contributed by atoms with Crippen LogP contribution in [0.5, 0.6) is 0 Å². The molecular formula is C19H20F3N3O2. The summed E-state index contributed by atoms with van der Waals surface area (Å²) in [7, 11) is 1.43. The molecule has 0 atom stereocenters. The maximum Gasteiger partial charge on any atom is 0.390 e. The Morgan fingerprint density at radius 2 is 1.59 bits per heavy atom. The molecule has 0 aliphatic rings. The first-order valence-corrected chi connectivity index (χ1v) is 8.25. The van der Waals surface area contributed by atoms with Crippen molar-refractivity contribution in [3.63, 3.8) is 0 Å². The third-order valence-electron chi connectivity index (χ3n) is 3.67. The van der Waals surface area contributed by atoms with Crippen LogP contribution in [0.15, 0.2) is 54.6 Å². The number of alkyl halides is 3. The highest BCUT2D eigenvalue weighted by Gasteiger charge is 2.27. The van der Waals surface area contributed by atoms with E-state index < -0.39 is 24.4 Å². The van der Waals surface area contributed by atoms with Crippen molar-refractivity contribution in [1.82, 2.24) is 4.90 Å². The SMILES string of the molecule is CN(CCC(F)(F)F)CC(=O)Nc1ccccc1C(=O)Nc1ccccc1. The van der Waals surface area contributed by atoms with E-state index in [1.807, 2.05) is 6.07 Å². The van der Waals surface area contributed by atoms with Crippen molar-refractivity contribution in [2.24, 2.45) is 0 Å². The van der Waals surface area contributed by atoms with Crippen molar-refractivity contribution < 1.29 is 22.8 Å². The first-order chi connectivity index (χ1) is 12.7. The average molecular weight is 379 g/mol. The second-order valence-corrected chi connectivity index (χ2v) is 6.02. The number of rotatable bonds is 7. The lowest BCUT2D eigenvalue weighted by atomic mass is 10.1. The molecule has 0 saturated carbocycles. The Labute approximate surface area is 155 Å². The second-order valence-electron chi connectivity index (χ2n) is 6.02. The fourth-order valence-electron chi connectivity index (χ4n) is 2.34. The molecule has 27 heavy (non-hydrogen) atoms. The van der Waals surface area contributed by atoms with E-state index in [1.54, 1.807) is 48.5 Å². The maximum atomic E-state index is 12.5. The molecule has 8 heteroatoms.